The van der Waals surface area contributed by atoms with Crippen molar-refractivity contribution in [1.29, 1.82) is 0 Å². The zero-order valence-electron chi connectivity index (χ0n) is 16.4. The first-order valence-corrected chi connectivity index (χ1v) is 11.5. The third-order valence-electron chi connectivity index (χ3n) is 3.87. The van der Waals surface area contributed by atoms with Gasteiger partial charge in [-0.15, -0.1) is 0 Å². The maximum atomic E-state index is 10.3. The second-order valence-corrected chi connectivity index (χ2v) is 7.74. The van der Waals surface area contributed by atoms with Gasteiger partial charge in [0.05, 0.1) is 6.61 Å². The summed E-state index contributed by atoms with van der Waals surface area (Å²) in [5.41, 5.74) is 4.87. The number of aliphatic carboxylic acids is 1. The molecule has 26 heavy (non-hydrogen) atoms. The van der Waals surface area contributed by atoms with Crippen LogP contribution in [0.1, 0.15) is 96.8 Å². The van der Waals surface area contributed by atoms with Crippen molar-refractivity contribution in [2.75, 3.05) is 13.2 Å². The zero-order valence-corrected chi connectivity index (χ0v) is 17.3. The normalized spacial score (nSPS) is 11.1. The average molecular weight is 397 g/mol. The van der Waals surface area contributed by atoms with Gasteiger partial charge in [-0.05, 0) is 6.42 Å². The van der Waals surface area contributed by atoms with E-state index in [2.05, 4.69) is 11.4 Å². The molecular weight excluding hydrogens is 357 g/mol. The minimum Gasteiger partial charge on any atom is -0.481 e. The van der Waals surface area contributed by atoms with Crippen molar-refractivity contribution in [3.63, 3.8) is 0 Å². The Balaban J connectivity index is 0. The molecule has 0 radical (unpaired) electrons. The lowest BCUT2D eigenvalue weighted by Gasteiger charge is -2.02. The second kappa shape index (κ2) is 20.8. The third-order valence-corrected chi connectivity index (χ3v) is 4.39. The van der Waals surface area contributed by atoms with Crippen LogP contribution in [-0.2, 0) is 13.9 Å². The van der Waals surface area contributed by atoms with Crippen molar-refractivity contribution < 1.29 is 28.8 Å². The largest absolute Gasteiger partial charge is 0.481 e. The molecule has 0 saturated heterocycles. The van der Waals surface area contributed by atoms with Gasteiger partial charge in [0.2, 0.25) is 0 Å². The zero-order chi connectivity index (χ0) is 20.1. The summed E-state index contributed by atoms with van der Waals surface area (Å²) in [6.07, 6.45) is 17.3. The fourth-order valence-electron chi connectivity index (χ4n) is 2.47. The average Bonchev–Trinajstić information content (AvgIpc) is 2.57. The van der Waals surface area contributed by atoms with Gasteiger partial charge in [-0.3, -0.25) is 9.32 Å². The van der Waals surface area contributed by atoms with E-state index in [1.807, 2.05) is 0 Å². The highest BCUT2D eigenvalue weighted by Gasteiger charge is 2.11. The van der Waals surface area contributed by atoms with Gasteiger partial charge in [-0.25, -0.2) is 4.57 Å². The van der Waals surface area contributed by atoms with Crippen LogP contribution < -0.4 is 5.73 Å². The number of rotatable bonds is 17. The number of hydrogen-bond donors (Lipinski definition) is 4. The fourth-order valence-corrected chi connectivity index (χ4v) is 2.81. The van der Waals surface area contributed by atoms with Crippen LogP contribution in [0.4, 0.5) is 0 Å². The van der Waals surface area contributed by atoms with Crippen LogP contribution in [0.3, 0.4) is 0 Å². The van der Waals surface area contributed by atoms with Gasteiger partial charge in [0.25, 0.3) is 0 Å². The summed E-state index contributed by atoms with van der Waals surface area (Å²) in [5.74, 6) is -0.655. The standard InChI is InChI=1S/C16H32O2.C2H8NO4P/c1-2-3-4-5-6-7-8-9-10-11-12-13-14-15-16(17)18;3-1-2-7-8(4,5)6/h2-15H2,1H3,(H,17,18);1-3H2,(H2,4,5,6). The maximum Gasteiger partial charge on any atom is 0.469 e. The first-order valence-electron chi connectivity index (χ1n) is 9.95. The minimum atomic E-state index is -4.26. The number of unbranched alkanes of at least 4 members (excludes halogenated alkanes) is 12. The lowest BCUT2D eigenvalue weighted by Crippen LogP contribution is -2.06. The van der Waals surface area contributed by atoms with Gasteiger partial charge in [0, 0.05) is 13.0 Å². The SMILES string of the molecule is CCCCCCCCCCCCCCCC(=O)O.NCCOP(=O)(O)O. The van der Waals surface area contributed by atoms with Crippen molar-refractivity contribution >= 4 is 13.8 Å². The number of carboxylic acid groups (broad SMARTS) is 1. The number of carboxylic acids is 1. The van der Waals surface area contributed by atoms with Crippen molar-refractivity contribution in [3.05, 3.63) is 0 Å². The molecular formula is C18H40NO6P. The summed E-state index contributed by atoms with van der Waals surface area (Å²) in [6.45, 7) is 2.27. The van der Waals surface area contributed by atoms with E-state index in [0.29, 0.717) is 6.42 Å². The first-order chi connectivity index (χ1) is 12.3. The van der Waals surface area contributed by atoms with Gasteiger partial charge in [0.15, 0.2) is 0 Å². The Morgan fingerprint density at radius 3 is 1.50 bits per heavy atom. The summed E-state index contributed by atoms with van der Waals surface area (Å²) in [5, 5.41) is 8.49. The third kappa shape index (κ3) is 31.3. The number of hydrogen-bond acceptors (Lipinski definition) is 4. The molecule has 0 aromatic carbocycles. The highest BCUT2D eigenvalue weighted by atomic mass is 31.2. The Hall–Kier alpha value is -0.460. The highest BCUT2D eigenvalue weighted by Crippen LogP contribution is 2.34. The van der Waals surface area contributed by atoms with E-state index in [4.69, 9.17) is 20.6 Å². The summed E-state index contributed by atoms with van der Waals surface area (Å²) >= 11 is 0. The van der Waals surface area contributed by atoms with E-state index in [1.165, 1.54) is 70.6 Å². The highest BCUT2D eigenvalue weighted by molar-refractivity contribution is 7.46. The molecule has 8 heteroatoms. The number of carbonyl (C=O) groups is 1. The molecule has 0 aliphatic rings. The number of nitrogens with two attached hydrogens (primary N) is 1. The molecule has 0 aliphatic heterocycles. The molecule has 5 N–H and O–H groups in total. The molecule has 0 heterocycles. The monoisotopic (exact) mass is 397 g/mol. The lowest BCUT2D eigenvalue weighted by atomic mass is 10.0. The first kappa shape index (κ1) is 27.8. The Bertz CT molecular complexity index is 349. The Morgan fingerprint density at radius 2 is 1.23 bits per heavy atom. The van der Waals surface area contributed by atoms with E-state index < -0.39 is 13.8 Å². The predicted molar refractivity (Wildman–Crippen MR) is 105 cm³/mol. The molecule has 0 aliphatic carbocycles. The quantitative estimate of drug-likeness (QED) is 0.208. The van der Waals surface area contributed by atoms with Crippen LogP contribution in [0, 0.1) is 0 Å². The van der Waals surface area contributed by atoms with Gasteiger partial charge in [-0.2, -0.15) is 0 Å². The van der Waals surface area contributed by atoms with Gasteiger partial charge in [-0.1, -0.05) is 84.0 Å². The van der Waals surface area contributed by atoms with Crippen molar-refractivity contribution in [2.24, 2.45) is 5.73 Å². The van der Waals surface area contributed by atoms with E-state index >= 15 is 0 Å². The van der Waals surface area contributed by atoms with Crippen LogP contribution in [0.2, 0.25) is 0 Å². The molecule has 0 rings (SSSR count). The molecule has 0 unspecified atom stereocenters. The molecule has 158 valence electrons. The van der Waals surface area contributed by atoms with Crippen LogP contribution in [0.25, 0.3) is 0 Å². The molecule has 0 fully saturated rings. The van der Waals surface area contributed by atoms with Crippen LogP contribution in [-0.4, -0.2) is 34.0 Å². The minimum absolute atomic E-state index is 0.107. The summed E-state index contributed by atoms with van der Waals surface area (Å²) < 4.78 is 13.7. The Labute approximate surface area is 158 Å². The van der Waals surface area contributed by atoms with Gasteiger partial charge < -0.3 is 20.6 Å². The molecule has 0 bridgehead atoms. The molecule has 0 aromatic heterocycles. The topological polar surface area (TPSA) is 130 Å². The fraction of sp³-hybridized carbons (Fsp3) is 0.944. The van der Waals surface area contributed by atoms with Crippen LogP contribution in [0.15, 0.2) is 0 Å². The molecule has 7 nitrogen and oxygen atoms in total. The number of phosphoric acid groups is 1. The lowest BCUT2D eigenvalue weighted by molar-refractivity contribution is -0.137. The van der Waals surface area contributed by atoms with Gasteiger partial charge in [0.1, 0.15) is 0 Å². The van der Waals surface area contributed by atoms with E-state index in [-0.39, 0.29) is 13.2 Å². The molecule has 0 atom stereocenters. The molecule has 0 amide bonds. The summed E-state index contributed by atoms with van der Waals surface area (Å²) in [6, 6.07) is 0. The summed E-state index contributed by atoms with van der Waals surface area (Å²) in [4.78, 5) is 26.3. The Kier molecular flexibility index (Phi) is 22.3. The second-order valence-electron chi connectivity index (χ2n) is 6.50. The van der Waals surface area contributed by atoms with Crippen molar-refractivity contribution in [2.45, 2.75) is 96.8 Å². The van der Waals surface area contributed by atoms with Crippen LogP contribution >= 0.6 is 7.82 Å². The molecule has 0 spiro atoms. The summed E-state index contributed by atoms with van der Waals surface area (Å²) in [7, 11) is -4.26. The van der Waals surface area contributed by atoms with Crippen molar-refractivity contribution in [3.8, 4) is 0 Å². The smallest absolute Gasteiger partial charge is 0.469 e. The molecule has 0 saturated carbocycles. The van der Waals surface area contributed by atoms with E-state index in [0.717, 1.165) is 12.8 Å². The van der Waals surface area contributed by atoms with Crippen LogP contribution in [0.5, 0.6) is 0 Å². The van der Waals surface area contributed by atoms with Gasteiger partial charge >= 0.3 is 13.8 Å². The predicted octanol–water partition coefficient (Wildman–Crippen LogP) is 4.61. The Morgan fingerprint density at radius 1 is 0.846 bits per heavy atom. The van der Waals surface area contributed by atoms with E-state index in [9.17, 15) is 9.36 Å². The van der Waals surface area contributed by atoms with Crippen molar-refractivity contribution in [1.82, 2.24) is 0 Å². The van der Waals surface area contributed by atoms with E-state index in [1.54, 1.807) is 0 Å². The number of phosphoric ester groups is 1. The maximum absolute atomic E-state index is 10.3. The molecule has 0 aromatic rings.